The van der Waals surface area contributed by atoms with Crippen molar-refractivity contribution in [2.75, 3.05) is 0 Å². The molecule has 0 amide bonds. The van der Waals surface area contributed by atoms with Crippen LogP contribution in [-0.4, -0.2) is 4.98 Å². The smallest absolute Gasteiger partial charge is 0.223 e. The Balaban J connectivity index is 1.92. The van der Waals surface area contributed by atoms with E-state index < -0.39 is 0 Å². The Hall–Kier alpha value is -3.00. The number of hydrogen-bond acceptors (Lipinski definition) is 1. The molecule has 5 rings (SSSR count). The molecule has 0 fully saturated rings. The quantitative estimate of drug-likeness (QED) is 0.419. The molecule has 2 aromatic heterocycles. The van der Waals surface area contributed by atoms with Crippen LogP contribution in [0.25, 0.3) is 44.5 Å². The zero-order valence-electron chi connectivity index (χ0n) is 12.8. The fourth-order valence-electron chi connectivity index (χ4n) is 3.56. The highest BCUT2D eigenvalue weighted by molar-refractivity contribution is 6.12. The molecule has 0 atom stereocenters. The summed E-state index contributed by atoms with van der Waals surface area (Å²) >= 11 is 0. The lowest BCUT2D eigenvalue weighted by atomic mass is 10.1. The summed E-state index contributed by atoms with van der Waals surface area (Å²) in [5, 5.41) is 2.51. The number of aromatic nitrogens is 2. The van der Waals surface area contributed by atoms with Crippen LogP contribution in [0.5, 0.6) is 0 Å². The van der Waals surface area contributed by atoms with Crippen LogP contribution in [0.4, 0.5) is 0 Å². The van der Waals surface area contributed by atoms with Gasteiger partial charge in [0.25, 0.3) is 0 Å². The van der Waals surface area contributed by atoms with Crippen LogP contribution in [0.15, 0.2) is 72.9 Å². The molecule has 2 aromatic carbocycles. The highest BCUT2D eigenvalue weighted by atomic mass is 14.9. The Morgan fingerprint density at radius 2 is 1.57 bits per heavy atom. The van der Waals surface area contributed by atoms with Crippen LogP contribution in [0.3, 0.4) is 0 Å². The second kappa shape index (κ2) is 4.50. The van der Waals surface area contributed by atoms with Crippen LogP contribution in [0.2, 0.25) is 0 Å². The van der Waals surface area contributed by atoms with Gasteiger partial charge in [-0.05, 0) is 17.5 Å². The predicted octanol–water partition coefficient (Wildman–Crippen LogP) is 4.37. The Labute approximate surface area is 134 Å². The van der Waals surface area contributed by atoms with E-state index in [1.165, 1.54) is 27.6 Å². The predicted molar refractivity (Wildman–Crippen MR) is 92.8 cm³/mol. The van der Waals surface area contributed by atoms with E-state index >= 15 is 0 Å². The maximum atomic E-state index is 5.01. The molecular weight excluding hydrogens is 280 g/mol. The van der Waals surface area contributed by atoms with E-state index in [0.717, 1.165) is 17.0 Å². The summed E-state index contributed by atoms with van der Waals surface area (Å²) in [5.41, 5.74) is 7.05. The lowest BCUT2D eigenvalue weighted by Gasteiger charge is -2.06. The molecule has 0 bridgehead atoms. The molecule has 0 unspecified atom stereocenters. The van der Waals surface area contributed by atoms with Gasteiger partial charge >= 0.3 is 0 Å². The molecule has 108 valence electrons. The van der Waals surface area contributed by atoms with E-state index in [1.54, 1.807) is 0 Å². The van der Waals surface area contributed by atoms with Gasteiger partial charge in [-0.15, -0.1) is 0 Å². The molecule has 2 heterocycles. The SMILES string of the molecule is C[n+]1ccc2cc(-c3ccccc3)nc3c2c1-c1ccccc1-3. The van der Waals surface area contributed by atoms with Crippen LogP contribution >= 0.6 is 0 Å². The van der Waals surface area contributed by atoms with E-state index in [-0.39, 0.29) is 0 Å². The van der Waals surface area contributed by atoms with Crippen molar-refractivity contribution in [3.8, 4) is 33.8 Å². The second-order valence-corrected chi connectivity index (χ2v) is 6.01. The summed E-state index contributed by atoms with van der Waals surface area (Å²) in [4.78, 5) is 5.01. The van der Waals surface area contributed by atoms with Crippen molar-refractivity contribution >= 4 is 10.8 Å². The molecule has 0 N–H and O–H groups in total. The third-order valence-corrected chi connectivity index (χ3v) is 4.62. The van der Waals surface area contributed by atoms with Crippen molar-refractivity contribution < 1.29 is 4.57 Å². The zero-order chi connectivity index (χ0) is 15.4. The fourth-order valence-corrected chi connectivity index (χ4v) is 3.56. The van der Waals surface area contributed by atoms with Gasteiger partial charge in [0.05, 0.1) is 22.3 Å². The molecule has 2 nitrogen and oxygen atoms in total. The van der Waals surface area contributed by atoms with Crippen molar-refractivity contribution in [2.24, 2.45) is 7.05 Å². The molecule has 0 spiro atoms. The maximum Gasteiger partial charge on any atom is 0.223 e. The summed E-state index contributed by atoms with van der Waals surface area (Å²) in [6.45, 7) is 0. The highest BCUT2D eigenvalue weighted by Crippen LogP contribution is 2.44. The van der Waals surface area contributed by atoms with Crippen LogP contribution in [0.1, 0.15) is 0 Å². The molecule has 1 aliphatic rings. The highest BCUT2D eigenvalue weighted by Gasteiger charge is 2.29. The number of benzene rings is 2. The summed E-state index contributed by atoms with van der Waals surface area (Å²) in [6, 6.07) is 23.3. The zero-order valence-corrected chi connectivity index (χ0v) is 12.8. The van der Waals surface area contributed by atoms with Crippen LogP contribution in [-0.2, 0) is 7.05 Å². The van der Waals surface area contributed by atoms with Crippen LogP contribution < -0.4 is 4.57 Å². The van der Waals surface area contributed by atoms with Gasteiger partial charge in [0, 0.05) is 17.2 Å². The Kier molecular flexibility index (Phi) is 2.45. The molecule has 4 aromatic rings. The van der Waals surface area contributed by atoms with Gasteiger partial charge in [0.1, 0.15) is 7.05 Å². The maximum absolute atomic E-state index is 5.01. The van der Waals surface area contributed by atoms with E-state index in [0.29, 0.717) is 0 Å². The monoisotopic (exact) mass is 295 g/mol. The van der Waals surface area contributed by atoms with Crippen molar-refractivity contribution in [1.29, 1.82) is 0 Å². The van der Waals surface area contributed by atoms with Gasteiger partial charge in [-0.1, -0.05) is 48.5 Å². The minimum absolute atomic E-state index is 1.03. The average Bonchev–Trinajstić information content (AvgIpc) is 2.95. The molecule has 1 aliphatic carbocycles. The van der Waals surface area contributed by atoms with Gasteiger partial charge in [-0.2, -0.15) is 0 Å². The summed E-state index contributed by atoms with van der Waals surface area (Å²) in [6.07, 6.45) is 2.14. The summed E-state index contributed by atoms with van der Waals surface area (Å²) in [7, 11) is 2.10. The van der Waals surface area contributed by atoms with Crippen molar-refractivity contribution in [2.45, 2.75) is 0 Å². The lowest BCUT2D eigenvalue weighted by Crippen LogP contribution is -2.29. The van der Waals surface area contributed by atoms with Gasteiger partial charge < -0.3 is 0 Å². The molecule has 0 saturated heterocycles. The fraction of sp³-hybridized carbons (Fsp3) is 0.0476. The second-order valence-electron chi connectivity index (χ2n) is 6.01. The minimum Gasteiger partial charge on any atom is -0.247 e. The first-order valence-corrected chi connectivity index (χ1v) is 7.81. The number of hydrogen-bond donors (Lipinski definition) is 0. The average molecular weight is 295 g/mol. The topological polar surface area (TPSA) is 16.8 Å². The standard InChI is InChI=1S/C21H15N2/c1-23-12-11-15-13-18(14-7-3-2-4-8-14)22-20-16-9-5-6-10-17(16)21(23)19(15)20/h2-13H,1H3/q+1. The minimum atomic E-state index is 1.03. The van der Waals surface area contributed by atoms with E-state index in [4.69, 9.17) is 4.98 Å². The van der Waals surface area contributed by atoms with Crippen molar-refractivity contribution in [3.63, 3.8) is 0 Å². The first kappa shape index (κ1) is 12.5. The van der Waals surface area contributed by atoms with E-state index in [1.807, 2.05) is 6.07 Å². The molecular formula is C21H15N2+. The van der Waals surface area contributed by atoms with E-state index in [9.17, 15) is 0 Å². The van der Waals surface area contributed by atoms with Gasteiger partial charge in [0.15, 0.2) is 6.20 Å². The number of rotatable bonds is 1. The van der Waals surface area contributed by atoms with Crippen molar-refractivity contribution in [1.82, 2.24) is 4.98 Å². The number of nitrogens with zero attached hydrogens (tertiary/aromatic N) is 2. The molecule has 0 saturated carbocycles. The molecule has 2 heteroatoms. The third-order valence-electron chi connectivity index (χ3n) is 4.62. The Bertz CT molecular complexity index is 1070. The first-order chi connectivity index (χ1) is 11.3. The Morgan fingerprint density at radius 1 is 0.826 bits per heavy atom. The largest absolute Gasteiger partial charge is 0.247 e. The van der Waals surface area contributed by atoms with Crippen LogP contribution in [0, 0.1) is 0 Å². The number of aryl methyl sites for hydroxylation is 1. The van der Waals surface area contributed by atoms with Gasteiger partial charge in [-0.25, -0.2) is 9.55 Å². The number of pyridine rings is 2. The Morgan fingerprint density at radius 3 is 2.39 bits per heavy atom. The molecule has 0 aliphatic heterocycles. The number of fused-ring (bicyclic) bond motifs is 3. The third kappa shape index (κ3) is 1.69. The molecule has 23 heavy (non-hydrogen) atoms. The first-order valence-electron chi connectivity index (χ1n) is 7.81. The normalized spacial score (nSPS) is 11.7. The molecule has 0 radical (unpaired) electrons. The van der Waals surface area contributed by atoms with Gasteiger partial charge in [-0.3, -0.25) is 0 Å². The van der Waals surface area contributed by atoms with Gasteiger partial charge in [0.2, 0.25) is 5.69 Å². The summed E-state index contributed by atoms with van der Waals surface area (Å²) < 4.78 is 2.20. The summed E-state index contributed by atoms with van der Waals surface area (Å²) in [5.74, 6) is 0. The lowest BCUT2D eigenvalue weighted by molar-refractivity contribution is -0.659. The van der Waals surface area contributed by atoms with E-state index in [2.05, 4.69) is 78.5 Å². The van der Waals surface area contributed by atoms with Crippen molar-refractivity contribution in [3.05, 3.63) is 72.9 Å².